The maximum atomic E-state index is 13.2. The monoisotopic (exact) mass is 481 g/mol. The third-order valence-electron chi connectivity index (χ3n) is 6.80. The fourth-order valence-corrected chi connectivity index (χ4v) is 11.4. The van der Waals surface area contributed by atoms with E-state index in [2.05, 4.69) is 99.4 Å². The van der Waals surface area contributed by atoms with Gasteiger partial charge in [-0.2, -0.15) is 0 Å². The quantitative estimate of drug-likeness (QED) is 0.179. The molecule has 0 unspecified atom stereocenters. The van der Waals surface area contributed by atoms with Crippen LogP contribution in [0.3, 0.4) is 0 Å². The molecule has 180 valence electrons. The zero-order chi connectivity index (χ0) is 24.9. The maximum absolute atomic E-state index is 13.2. The smallest absolute Gasteiger partial charge is 0.256 e. The number of unbranched alkanes of at least 4 members (excludes halogenated alkanes) is 1. The lowest BCUT2D eigenvalue weighted by molar-refractivity contribution is -0.117. The topological polar surface area (TPSA) is 41.6 Å². The number of anilines is 1. The molecule has 1 aliphatic rings. The summed E-state index contributed by atoms with van der Waals surface area (Å²) in [7, 11) is -2.59. The Balaban J connectivity index is 1.82. The Morgan fingerprint density at radius 3 is 1.86 bits per heavy atom. The Bertz CT molecular complexity index is 1130. The van der Waals surface area contributed by atoms with Crippen LogP contribution in [0.15, 0.2) is 115 Å². The Hall–Kier alpha value is -3.21. The average Bonchev–Trinajstić information content (AvgIpc) is 3.66. The first-order valence-corrected chi connectivity index (χ1v) is 14.3. The third-order valence-corrected chi connectivity index (χ3v) is 12.8. The van der Waals surface area contributed by atoms with E-state index in [1.807, 2.05) is 36.4 Å². The van der Waals surface area contributed by atoms with Gasteiger partial charge >= 0.3 is 0 Å². The van der Waals surface area contributed by atoms with E-state index < -0.39 is 14.2 Å². The van der Waals surface area contributed by atoms with Gasteiger partial charge in [0.15, 0.2) is 14.2 Å². The number of hydrogen-bond donors (Lipinski definition) is 1. The first kappa shape index (κ1) is 24.9. The van der Waals surface area contributed by atoms with Crippen molar-refractivity contribution in [3.8, 4) is 0 Å². The molecule has 3 aromatic rings. The SMILES string of the molecule is C=CCC/C=C(\[C@@H]1O[C@H]1C(=O)Nc1ccccc1)[Si](c1ccccc1)(c1ccccc1)C(C)(C)C. The molecule has 0 spiro atoms. The number of carbonyl (C=O) groups excluding carboxylic acids is 1. The second-order valence-electron chi connectivity index (χ2n) is 10.1. The van der Waals surface area contributed by atoms with Crippen LogP contribution in [0.5, 0.6) is 0 Å². The summed E-state index contributed by atoms with van der Waals surface area (Å²) in [6, 6.07) is 31.3. The van der Waals surface area contributed by atoms with Crippen molar-refractivity contribution in [1.82, 2.24) is 0 Å². The van der Waals surface area contributed by atoms with E-state index in [0.717, 1.165) is 18.5 Å². The summed E-state index contributed by atoms with van der Waals surface area (Å²) in [5, 5.41) is 6.91. The van der Waals surface area contributed by atoms with Gasteiger partial charge in [-0.25, -0.2) is 0 Å². The van der Waals surface area contributed by atoms with Gasteiger partial charge in [-0.15, -0.1) is 6.58 Å². The van der Waals surface area contributed by atoms with Gasteiger partial charge in [-0.3, -0.25) is 4.79 Å². The first-order chi connectivity index (χ1) is 16.9. The van der Waals surface area contributed by atoms with Gasteiger partial charge in [0.05, 0.1) is 0 Å². The molecule has 35 heavy (non-hydrogen) atoms. The van der Waals surface area contributed by atoms with Crippen LogP contribution in [0, 0.1) is 0 Å². The van der Waals surface area contributed by atoms with E-state index in [1.54, 1.807) is 0 Å². The van der Waals surface area contributed by atoms with Crippen LogP contribution in [-0.2, 0) is 9.53 Å². The van der Waals surface area contributed by atoms with Crippen LogP contribution in [0.1, 0.15) is 33.6 Å². The minimum Gasteiger partial charge on any atom is -0.355 e. The van der Waals surface area contributed by atoms with Gasteiger partial charge in [0.2, 0.25) is 0 Å². The Morgan fingerprint density at radius 2 is 1.37 bits per heavy atom. The average molecular weight is 482 g/mol. The number of hydrogen-bond acceptors (Lipinski definition) is 2. The largest absolute Gasteiger partial charge is 0.355 e. The third kappa shape index (κ3) is 5.09. The zero-order valence-electron chi connectivity index (χ0n) is 20.9. The molecular formula is C31H35NO2Si. The fourth-order valence-electron chi connectivity index (χ4n) is 5.30. The van der Waals surface area contributed by atoms with E-state index in [1.165, 1.54) is 15.6 Å². The van der Waals surface area contributed by atoms with Gasteiger partial charge in [-0.1, -0.05) is 112 Å². The second-order valence-corrected chi connectivity index (χ2v) is 14.8. The lowest BCUT2D eigenvalue weighted by atomic mass is 10.2. The van der Waals surface area contributed by atoms with Crippen LogP contribution in [-0.4, -0.2) is 26.2 Å². The summed E-state index contributed by atoms with van der Waals surface area (Å²) in [5.41, 5.74) is 0.786. The molecule has 0 saturated carbocycles. The minimum atomic E-state index is -2.59. The normalized spacial score (nSPS) is 18.1. The van der Waals surface area contributed by atoms with Crippen LogP contribution in [0.4, 0.5) is 5.69 Å². The number of rotatable bonds is 9. The molecule has 0 aromatic heterocycles. The highest BCUT2D eigenvalue weighted by molar-refractivity contribution is 7.09. The maximum Gasteiger partial charge on any atom is 0.256 e. The van der Waals surface area contributed by atoms with Crippen molar-refractivity contribution in [3.63, 3.8) is 0 Å². The standard InChI is InChI=1S/C31H35NO2Si/c1-5-6-10-23-27(28-29(34-28)30(33)32-24-17-11-7-12-18-24)35(31(2,3)4,25-19-13-8-14-20-25)26-21-15-9-16-22-26/h5,7-9,11-23,28-29H,1,6,10H2,2-4H3,(H,32,33)/b27-23+/t28-,29+/m0/s1. The molecule has 1 heterocycles. The molecule has 1 saturated heterocycles. The van der Waals surface area contributed by atoms with Gasteiger partial charge in [0.25, 0.3) is 5.91 Å². The van der Waals surface area contributed by atoms with Gasteiger partial charge in [-0.05, 0) is 45.6 Å². The highest BCUT2D eigenvalue weighted by Gasteiger charge is 2.59. The van der Waals surface area contributed by atoms with Crippen LogP contribution >= 0.6 is 0 Å². The molecule has 1 fully saturated rings. The highest BCUT2D eigenvalue weighted by atomic mass is 28.3. The highest BCUT2D eigenvalue weighted by Crippen LogP contribution is 2.46. The van der Waals surface area contributed by atoms with Crippen molar-refractivity contribution < 1.29 is 9.53 Å². The van der Waals surface area contributed by atoms with Crippen molar-refractivity contribution in [1.29, 1.82) is 0 Å². The number of nitrogens with one attached hydrogen (secondary N) is 1. The lowest BCUT2D eigenvalue weighted by Crippen LogP contribution is -2.67. The molecule has 1 aliphatic heterocycles. The summed E-state index contributed by atoms with van der Waals surface area (Å²) in [4.78, 5) is 13.2. The van der Waals surface area contributed by atoms with Crippen molar-refractivity contribution in [3.05, 3.63) is 115 Å². The molecule has 4 heteroatoms. The number of para-hydroxylation sites is 1. The molecule has 1 amide bonds. The van der Waals surface area contributed by atoms with Crippen molar-refractivity contribution >= 4 is 30.0 Å². The Kier molecular flexibility index (Phi) is 7.53. The Labute approximate surface area is 210 Å². The van der Waals surface area contributed by atoms with Crippen molar-refractivity contribution in [2.24, 2.45) is 0 Å². The van der Waals surface area contributed by atoms with Gasteiger partial charge in [0.1, 0.15) is 6.10 Å². The Morgan fingerprint density at radius 1 is 0.857 bits per heavy atom. The molecule has 0 aliphatic carbocycles. The summed E-state index contributed by atoms with van der Waals surface area (Å²) in [6.45, 7) is 10.9. The van der Waals surface area contributed by atoms with Crippen LogP contribution in [0.25, 0.3) is 0 Å². The number of epoxide rings is 1. The molecule has 1 N–H and O–H groups in total. The van der Waals surface area contributed by atoms with Gasteiger partial charge < -0.3 is 10.1 Å². The van der Waals surface area contributed by atoms with Crippen molar-refractivity contribution in [2.45, 2.75) is 50.9 Å². The van der Waals surface area contributed by atoms with Crippen LogP contribution < -0.4 is 15.7 Å². The second kappa shape index (κ2) is 10.6. The van der Waals surface area contributed by atoms with E-state index in [0.29, 0.717) is 0 Å². The van der Waals surface area contributed by atoms with Crippen molar-refractivity contribution in [2.75, 3.05) is 5.32 Å². The first-order valence-electron chi connectivity index (χ1n) is 12.3. The number of allylic oxidation sites excluding steroid dienone is 2. The predicted molar refractivity (Wildman–Crippen MR) is 149 cm³/mol. The number of ether oxygens (including phenoxy) is 1. The molecule has 4 rings (SSSR count). The number of benzene rings is 3. The lowest BCUT2D eigenvalue weighted by Gasteiger charge is -2.46. The fraction of sp³-hybridized carbons (Fsp3) is 0.258. The number of carbonyl (C=O) groups is 1. The molecular weight excluding hydrogens is 446 g/mol. The predicted octanol–water partition coefficient (Wildman–Crippen LogP) is 5.89. The minimum absolute atomic E-state index is 0.0673. The zero-order valence-corrected chi connectivity index (χ0v) is 21.9. The summed E-state index contributed by atoms with van der Waals surface area (Å²) in [5.74, 6) is -0.0891. The van der Waals surface area contributed by atoms with Gasteiger partial charge in [0, 0.05) is 5.69 Å². The summed E-state index contributed by atoms with van der Waals surface area (Å²) >= 11 is 0. The number of amides is 1. The summed E-state index contributed by atoms with van der Waals surface area (Å²) in [6.07, 6.45) is 5.32. The molecule has 2 atom stereocenters. The molecule has 3 nitrogen and oxygen atoms in total. The van der Waals surface area contributed by atoms with Crippen LogP contribution in [0.2, 0.25) is 5.04 Å². The summed E-state index contributed by atoms with van der Waals surface area (Å²) < 4.78 is 6.22. The van der Waals surface area contributed by atoms with E-state index in [9.17, 15) is 4.79 Å². The molecule has 0 radical (unpaired) electrons. The van der Waals surface area contributed by atoms with E-state index in [-0.39, 0.29) is 17.0 Å². The molecule has 3 aromatic carbocycles. The van der Waals surface area contributed by atoms with E-state index in [4.69, 9.17) is 4.74 Å². The molecule has 0 bridgehead atoms. The van der Waals surface area contributed by atoms with E-state index >= 15 is 0 Å².